The molecule has 15 heavy (non-hydrogen) atoms. The molecular formula is C7H10N3O4Sb. The molecule has 1 unspecified atom stereocenters. The van der Waals surface area contributed by atoms with E-state index in [1.165, 1.54) is 24.3 Å². The van der Waals surface area contributed by atoms with Crippen molar-refractivity contribution >= 4 is 34.9 Å². The Balaban J connectivity index is 2.81. The van der Waals surface area contributed by atoms with E-state index in [0.717, 1.165) is 0 Å². The molecule has 0 aliphatic rings. The number of hydrogen-bond acceptors (Lipinski definition) is 4. The van der Waals surface area contributed by atoms with Gasteiger partial charge < -0.3 is 0 Å². The van der Waals surface area contributed by atoms with Crippen LogP contribution in [0.1, 0.15) is 0 Å². The van der Waals surface area contributed by atoms with Crippen LogP contribution in [-0.2, 0) is 6.13 Å². The zero-order valence-electron chi connectivity index (χ0n) is 7.58. The summed E-state index contributed by atoms with van der Waals surface area (Å²) in [4.78, 5) is 10.3. The van der Waals surface area contributed by atoms with E-state index in [-0.39, 0.29) is 3.51 Å². The van der Waals surface area contributed by atoms with Gasteiger partial charge in [0, 0.05) is 0 Å². The number of amides is 2. The standard InChI is InChI=1S/C6H6N.CH3N2O2.H2O.O.Sb/c7-6-4-2-1-3-5-6;2-1(4)3-5;;;/h2-5H,7H2;(H3-,2,3,4,5);1H2;;/q;-1;;;+2/p-1. The van der Waals surface area contributed by atoms with Gasteiger partial charge in [0.2, 0.25) is 0 Å². The van der Waals surface area contributed by atoms with Crippen LogP contribution in [0.4, 0.5) is 10.5 Å². The summed E-state index contributed by atoms with van der Waals surface area (Å²) in [6, 6.07) is 4.60. The molecule has 0 heterocycles. The molecule has 0 aliphatic heterocycles. The van der Waals surface area contributed by atoms with Crippen LogP contribution >= 0.6 is 0 Å². The molecule has 1 aromatic rings. The third-order valence-electron chi connectivity index (χ3n) is 1.49. The molecule has 0 aliphatic carbocycles. The summed E-state index contributed by atoms with van der Waals surface area (Å²) in [5, 5.41) is 0. The molecule has 1 atom stereocenters. The molecular weight excluding hydrogens is 312 g/mol. The van der Waals surface area contributed by atoms with Gasteiger partial charge in [-0.25, -0.2) is 0 Å². The first-order chi connectivity index (χ1) is 6.92. The summed E-state index contributed by atoms with van der Waals surface area (Å²) in [5.74, 6) is 0. The summed E-state index contributed by atoms with van der Waals surface area (Å²) < 4.78 is 25.4. The maximum atomic E-state index is 11.5. The normalized spacial score (nSPS) is 14.2. The SMILES string of the molecule is NC(=O)N[O][Sb](=[O])([OH])[c]1ccc(N)cc1. The van der Waals surface area contributed by atoms with Crippen LogP contribution in [0.25, 0.3) is 0 Å². The third-order valence-corrected chi connectivity index (χ3v) is 5.17. The summed E-state index contributed by atoms with van der Waals surface area (Å²) in [6.45, 7) is 0. The number of hydroxylamine groups is 1. The van der Waals surface area contributed by atoms with Crippen molar-refractivity contribution in [3.8, 4) is 0 Å². The van der Waals surface area contributed by atoms with Crippen molar-refractivity contribution in [1.82, 2.24) is 5.48 Å². The van der Waals surface area contributed by atoms with Gasteiger partial charge in [0.15, 0.2) is 0 Å². The molecule has 0 saturated carbocycles. The molecule has 0 saturated heterocycles. The van der Waals surface area contributed by atoms with Crippen molar-refractivity contribution in [2.45, 2.75) is 0 Å². The van der Waals surface area contributed by atoms with Crippen LogP contribution in [0, 0.1) is 0 Å². The van der Waals surface area contributed by atoms with Gasteiger partial charge in [0.25, 0.3) is 0 Å². The second-order valence-electron chi connectivity index (χ2n) is 2.67. The first kappa shape index (κ1) is 11.9. The van der Waals surface area contributed by atoms with Crippen LogP contribution in [0.2, 0.25) is 0 Å². The fourth-order valence-electron chi connectivity index (χ4n) is 0.822. The second-order valence-corrected chi connectivity index (χ2v) is 7.64. The molecule has 0 spiro atoms. The third kappa shape index (κ3) is 3.47. The number of rotatable bonds is 3. The van der Waals surface area contributed by atoms with Crippen molar-refractivity contribution in [3.05, 3.63) is 24.3 Å². The topological polar surface area (TPSA) is 128 Å². The predicted molar refractivity (Wildman–Crippen MR) is 53.0 cm³/mol. The molecule has 82 valence electrons. The van der Waals surface area contributed by atoms with Crippen molar-refractivity contribution < 1.29 is 14.3 Å². The van der Waals surface area contributed by atoms with E-state index in [9.17, 15) is 11.2 Å². The molecule has 0 bridgehead atoms. The summed E-state index contributed by atoms with van der Waals surface area (Å²) in [6.07, 6.45) is 0. The fraction of sp³-hybridized carbons (Fsp3) is 0. The van der Waals surface area contributed by atoms with E-state index in [1.54, 1.807) is 5.48 Å². The van der Waals surface area contributed by atoms with Gasteiger partial charge in [-0.1, -0.05) is 0 Å². The van der Waals surface area contributed by atoms with Crippen LogP contribution in [0.15, 0.2) is 24.3 Å². The number of benzene rings is 1. The number of nitrogens with one attached hydrogen (secondary N) is 1. The Kier molecular flexibility index (Phi) is 3.62. The number of nitrogen functional groups attached to an aromatic ring is 1. The molecule has 0 radical (unpaired) electrons. The zero-order valence-corrected chi connectivity index (χ0v) is 10.1. The average Bonchev–Trinajstić information content (AvgIpc) is 2.16. The van der Waals surface area contributed by atoms with Gasteiger partial charge in [-0.2, -0.15) is 0 Å². The van der Waals surface area contributed by atoms with E-state index >= 15 is 0 Å². The quantitative estimate of drug-likeness (QED) is 0.304. The number of primary amides is 1. The summed E-state index contributed by atoms with van der Waals surface area (Å²) in [7, 11) is 0. The second kappa shape index (κ2) is 4.56. The summed E-state index contributed by atoms with van der Waals surface area (Å²) >= 11 is -5.03. The minimum atomic E-state index is -5.03. The molecule has 6 N–H and O–H groups in total. The molecule has 1 rings (SSSR count). The molecule has 8 heteroatoms. The molecule has 0 aromatic heterocycles. The Labute approximate surface area is 90.5 Å². The van der Waals surface area contributed by atoms with Crippen LogP contribution in [0.5, 0.6) is 0 Å². The molecule has 1 aromatic carbocycles. The van der Waals surface area contributed by atoms with Crippen molar-refractivity contribution in [1.29, 1.82) is 0 Å². The minimum absolute atomic E-state index is 0.0939. The first-order valence-electron chi connectivity index (χ1n) is 3.85. The number of nitrogens with two attached hydrogens (primary N) is 2. The Morgan fingerprint density at radius 1 is 1.40 bits per heavy atom. The molecule has 2 amide bonds. The monoisotopic (exact) mass is 321 g/mol. The Bertz CT molecular complexity index is 405. The van der Waals surface area contributed by atoms with E-state index in [0.29, 0.717) is 5.69 Å². The average molecular weight is 322 g/mol. The van der Waals surface area contributed by atoms with Crippen molar-refractivity contribution in [3.63, 3.8) is 0 Å². The Hall–Kier alpha value is -1.17. The zero-order chi connectivity index (χ0) is 11.5. The Morgan fingerprint density at radius 2 is 1.93 bits per heavy atom. The van der Waals surface area contributed by atoms with E-state index < -0.39 is 25.7 Å². The van der Waals surface area contributed by atoms with Gasteiger partial charge in [0.1, 0.15) is 0 Å². The van der Waals surface area contributed by atoms with E-state index in [4.69, 9.17) is 5.73 Å². The van der Waals surface area contributed by atoms with Gasteiger partial charge in [-0.05, 0) is 0 Å². The van der Waals surface area contributed by atoms with Crippen molar-refractivity contribution in [2.24, 2.45) is 5.73 Å². The number of urea groups is 1. The maximum absolute atomic E-state index is 11.5. The first-order valence-corrected chi connectivity index (χ1v) is 8.35. The predicted octanol–water partition coefficient (Wildman–Crippen LogP) is -1.56. The van der Waals surface area contributed by atoms with Gasteiger partial charge in [-0.3, -0.25) is 0 Å². The van der Waals surface area contributed by atoms with Crippen molar-refractivity contribution in [2.75, 3.05) is 5.73 Å². The van der Waals surface area contributed by atoms with E-state index in [2.05, 4.69) is 8.85 Å². The molecule has 7 nitrogen and oxygen atoms in total. The molecule has 0 fully saturated rings. The van der Waals surface area contributed by atoms with Crippen LogP contribution in [0.3, 0.4) is 0 Å². The summed E-state index contributed by atoms with van der Waals surface area (Å²) in [5.41, 5.74) is 12.2. The van der Waals surface area contributed by atoms with E-state index in [1.807, 2.05) is 0 Å². The van der Waals surface area contributed by atoms with Gasteiger partial charge in [0.05, 0.1) is 0 Å². The fourth-order valence-corrected chi connectivity index (χ4v) is 3.23. The number of anilines is 1. The van der Waals surface area contributed by atoms with Gasteiger partial charge >= 0.3 is 90.4 Å². The number of hydrogen-bond donors (Lipinski definition) is 4. The van der Waals surface area contributed by atoms with Crippen LogP contribution in [-0.4, -0.2) is 29.1 Å². The Morgan fingerprint density at radius 3 is 2.40 bits per heavy atom. The van der Waals surface area contributed by atoms with Gasteiger partial charge in [-0.15, -0.1) is 0 Å². The number of carbonyl (C=O) groups is 1. The van der Waals surface area contributed by atoms with Crippen LogP contribution < -0.4 is 20.5 Å². The number of carbonyl (C=O) groups excluding carboxylic acids is 1.